The Morgan fingerprint density at radius 1 is 1.31 bits per heavy atom. The molecule has 0 atom stereocenters. The summed E-state index contributed by atoms with van der Waals surface area (Å²) in [6, 6.07) is 8.32. The van der Waals surface area contributed by atoms with Gasteiger partial charge in [-0.1, -0.05) is 12.1 Å². The van der Waals surface area contributed by atoms with Gasteiger partial charge in [0, 0.05) is 10.6 Å². The van der Waals surface area contributed by atoms with Gasteiger partial charge in [0.2, 0.25) is 5.91 Å². The number of carbonyl (C=O) groups excluding carboxylic acids is 1. The van der Waals surface area contributed by atoms with Gasteiger partial charge in [0.1, 0.15) is 0 Å². The predicted molar refractivity (Wildman–Crippen MR) is 66.8 cm³/mol. The van der Waals surface area contributed by atoms with Gasteiger partial charge in [-0.05, 0) is 41.1 Å². The van der Waals surface area contributed by atoms with Crippen LogP contribution in [0.3, 0.4) is 0 Å². The van der Waals surface area contributed by atoms with E-state index in [9.17, 15) is 4.79 Å². The molecule has 1 aliphatic rings. The fourth-order valence-corrected chi connectivity index (χ4v) is 2.95. The molecule has 0 saturated heterocycles. The summed E-state index contributed by atoms with van der Waals surface area (Å²) in [6.45, 7) is 2.11. The Morgan fingerprint density at radius 3 is 2.94 bits per heavy atom. The van der Waals surface area contributed by atoms with Crippen molar-refractivity contribution in [2.75, 3.05) is 5.32 Å². The second-order valence-electron chi connectivity index (χ2n) is 4.03. The number of rotatable bonds is 1. The Hall–Kier alpha value is -1.61. The molecule has 0 saturated carbocycles. The van der Waals surface area contributed by atoms with Crippen molar-refractivity contribution in [3.8, 4) is 10.4 Å². The maximum atomic E-state index is 11.3. The largest absolute Gasteiger partial charge is 0.326 e. The summed E-state index contributed by atoms with van der Waals surface area (Å²) in [7, 11) is 0. The summed E-state index contributed by atoms with van der Waals surface area (Å²) < 4.78 is 0. The Morgan fingerprint density at radius 2 is 2.19 bits per heavy atom. The van der Waals surface area contributed by atoms with Crippen LogP contribution in [0.4, 0.5) is 5.69 Å². The third-order valence-electron chi connectivity index (χ3n) is 2.86. The smallest absolute Gasteiger partial charge is 0.228 e. The van der Waals surface area contributed by atoms with E-state index in [1.165, 1.54) is 16.0 Å². The van der Waals surface area contributed by atoms with E-state index in [0.717, 1.165) is 11.3 Å². The molecule has 0 bridgehead atoms. The maximum Gasteiger partial charge on any atom is 0.228 e. The highest BCUT2D eigenvalue weighted by Crippen LogP contribution is 2.33. The number of fused-ring (bicyclic) bond motifs is 1. The number of amides is 1. The lowest BCUT2D eigenvalue weighted by molar-refractivity contribution is -0.115. The van der Waals surface area contributed by atoms with Crippen LogP contribution in [0.2, 0.25) is 0 Å². The van der Waals surface area contributed by atoms with Crippen LogP contribution in [0, 0.1) is 6.92 Å². The third kappa shape index (κ3) is 1.44. The molecule has 0 unspecified atom stereocenters. The van der Waals surface area contributed by atoms with Crippen LogP contribution in [-0.4, -0.2) is 5.91 Å². The van der Waals surface area contributed by atoms with Crippen LogP contribution in [0.5, 0.6) is 0 Å². The molecule has 2 nitrogen and oxygen atoms in total. The van der Waals surface area contributed by atoms with Crippen LogP contribution in [-0.2, 0) is 11.2 Å². The lowest BCUT2D eigenvalue weighted by atomic mass is 10.1. The van der Waals surface area contributed by atoms with E-state index in [1.54, 1.807) is 11.3 Å². The zero-order valence-electron chi connectivity index (χ0n) is 8.91. The zero-order valence-corrected chi connectivity index (χ0v) is 9.73. The fourth-order valence-electron chi connectivity index (χ4n) is 2.02. The number of aryl methyl sites for hydroxylation is 1. The van der Waals surface area contributed by atoms with E-state index in [1.807, 2.05) is 6.07 Å². The van der Waals surface area contributed by atoms with Gasteiger partial charge in [0.15, 0.2) is 0 Å². The zero-order chi connectivity index (χ0) is 11.1. The van der Waals surface area contributed by atoms with Crippen LogP contribution in [0.1, 0.15) is 11.1 Å². The van der Waals surface area contributed by atoms with E-state index in [-0.39, 0.29) is 5.91 Å². The number of anilines is 1. The second-order valence-corrected chi connectivity index (χ2v) is 4.95. The first kappa shape index (κ1) is 9.60. The Kier molecular flexibility index (Phi) is 2.07. The first-order valence-electron chi connectivity index (χ1n) is 5.21. The normalized spacial score (nSPS) is 13.7. The van der Waals surface area contributed by atoms with E-state index < -0.39 is 0 Å². The highest BCUT2D eigenvalue weighted by molar-refractivity contribution is 7.13. The molecule has 3 heteroatoms. The number of nitrogens with one attached hydrogen (secondary N) is 1. The van der Waals surface area contributed by atoms with Crippen LogP contribution < -0.4 is 5.32 Å². The van der Waals surface area contributed by atoms with Crippen molar-refractivity contribution in [2.45, 2.75) is 13.3 Å². The fraction of sp³-hybridized carbons (Fsp3) is 0.154. The number of thiophene rings is 1. The van der Waals surface area contributed by atoms with Crippen molar-refractivity contribution in [1.29, 1.82) is 0 Å². The van der Waals surface area contributed by atoms with Crippen molar-refractivity contribution in [1.82, 2.24) is 0 Å². The molecule has 1 amide bonds. The van der Waals surface area contributed by atoms with E-state index in [0.29, 0.717) is 6.42 Å². The van der Waals surface area contributed by atoms with Crippen molar-refractivity contribution in [3.05, 3.63) is 40.8 Å². The van der Waals surface area contributed by atoms with Crippen molar-refractivity contribution < 1.29 is 4.79 Å². The average molecular weight is 229 g/mol. The Bertz CT molecular complexity index is 571. The summed E-state index contributed by atoms with van der Waals surface area (Å²) in [5.74, 6) is 0.0926. The van der Waals surface area contributed by atoms with Gasteiger partial charge in [-0.15, -0.1) is 11.3 Å². The second kappa shape index (κ2) is 3.46. The highest BCUT2D eigenvalue weighted by atomic mass is 32.1. The van der Waals surface area contributed by atoms with Crippen LogP contribution in [0.15, 0.2) is 29.6 Å². The van der Waals surface area contributed by atoms with Gasteiger partial charge in [0.25, 0.3) is 0 Å². The minimum atomic E-state index is 0.0926. The summed E-state index contributed by atoms with van der Waals surface area (Å²) in [4.78, 5) is 12.5. The molecular weight excluding hydrogens is 218 g/mol. The van der Waals surface area contributed by atoms with Crippen molar-refractivity contribution in [3.63, 3.8) is 0 Å². The number of hydrogen-bond donors (Lipinski definition) is 1. The minimum absolute atomic E-state index is 0.0926. The summed E-state index contributed by atoms with van der Waals surface area (Å²) in [5, 5.41) is 4.98. The number of benzene rings is 1. The van der Waals surface area contributed by atoms with E-state index >= 15 is 0 Å². The topological polar surface area (TPSA) is 29.1 Å². The molecule has 2 heterocycles. The molecule has 0 aliphatic carbocycles. The Balaban J connectivity index is 2.09. The first-order chi connectivity index (χ1) is 7.74. The maximum absolute atomic E-state index is 11.3. The molecule has 3 rings (SSSR count). The van der Waals surface area contributed by atoms with Crippen LogP contribution >= 0.6 is 11.3 Å². The molecule has 0 spiro atoms. The molecular formula is C13H11NOS. The molecule has 1 aromatic carbocycles. The highest BCUT2D eigenvalue weighted by Gasteiger charge is 2.18. The molecule has 80 valence electrons. The lowest BCUT2D eigenvalue weighted by Crippen LogP contribution is -2.03. The molecule has 1 N–H and O–H groups in total. The van der Waals surface area contributed by atoms with Gasteiger partial charge in [0.05, 0.1) is 6.42 Å². The molecule has 16 heavy (non-hydrogen) atoms. The molecule has 2 aromatic rings. The molecule has 1 aliphatic heterocycles. The Labute approximate surface area is 97.9 Å². The summed E-state index contributed by atoms with van der Waals surface area (Å²) >= 11 is 1.74. The lowest BCUT2D eigenvalue weighted by Gasteiger charge is -2.03. The van der Waals surface area contributed by atoms with Gasteiger partial charge >= 0.3 is 0 Å². The van der Waals surface area contributed by atoms with E-state index in [2.05, 4.69) is 35.8 Å². The monoisotopic (exact) mass is 229 g/mol. The number of carbonyl (C=O) groups is 1. The van der Waals surface area contributed by atoms with Crippen molar-refractivity contribution >= 4 is 22.9 Å². The summed E-state index contributed by atoms with van der Waals surface area (Å²) in [5.41, 5.74) is 4.54. The SMILES string of the molecule is Cc1ccsc1-c1ccc2c(c1)NC(=O)C2. The van der Waals surface area contributed by atoms with Crippen molar-refractivity contribution in [2.24, 2.45) is 0 Å². The third-order valence-corrected chi connectivity index (χ3v) is 3.92. The molecule has 1 aromatic heterocycles. The minimum Gasteiger partial charge on any atom is -0.326 e. The standard InChI is InChI=1S/C13H11NOS/c1-8-4-5-16-13(8)10-3-2-9-7-12(15)14-11(9)6-10/h2-6H,7H2,1H3,(H,14,15). The van der Waals surface area contributed by atoms with Gasteiger partial charge < -0.3 is 5.32 Å². The molecule has 0 radical (unpaired) electrons. The number of hydrogen-bond acceptors (Lipinski definition) is 2. The van der Waals surface area contributed by atoms with Gasteiger partial charge in [-0.3, -0.25) is 4.79 Å². The quantitative estimate of drug-likeness (QED) is 0.799. The average Bonchev–Trinajstić information content (AvgIpc) is 2.81. The van der Waals surface area contributed by atoms with Gasteiger partial charge in [-0.25, -0.2) is 0 Å². The van der Waals surface area contributed by atoms with Gasteiger partial charge in [-0.2, -0.15) is 0 Å². The van der Waals surface area contributed by atoms with E-state index in [4.69, 9.17) is 0 Å². The first-order valence-corrected chi connectivity index (χ1v) is 6.09. The summed E-state index contributed by atoms with van der Waals surface area (Å²) in [6.07, 6.45) is 0.513. The molecule has 0 fully saturated rings. The van der Waals surface area contributed by atoms with Crippen LogP contribution in [0.25, 0.3) is 10.4 Å². The predicted octanol–water partition coefficient (Wildman–Crippen LogP) is 3.22.